The number of benzene rings is 1. The van der Waals surface area contributed by atoms with Crippen LogP contribution in [0.4, 0.5) is 0 Å². The van der Waals surface area contributed by atoms with Crippen molar-refractivity contribution in [1.29, 1.82) is 0 Å². The Morgan fingerprint density at radius 3 is 2.38 bits per heavy atom. The zero-order valence-corrected chi connectivity index (χ0v) is 20.4. The Morgan fingerprint density at radius 1 is 1.07 bits per heavy atom. The van der Waals surface area contributed by atoms with Crippen LogP contribution in [-0.2, 0) is 30.8 Å². The lowest BCUT2D eigenvalue weighted by Gasteiger charge is -2.16. The highest BCUT2D eigenvalue weighted by Gasteiger charge is 2.22. The van der Waals surface area contributed by atoms with Crippen molar-refractivity contribution in [3.63, 3.8) is 0 Å². The van der Waals surface area contributed by atoms with Crippen LogP contribution in [0, 0.1) is 0 Å². The Labute approximate surface area is 195 Å². The number of guanidine groups is 1. The smallest absolute Gasteiger partial charge is 0.223 e. The predicted molar refractivity (Wildman–Crippen MR) is 132 cm³/mol. The lowest BCUT2D eigenvalue weighted by atomic mass is 10.1. The zero-order valence-electron chi connectivity index (χ0n) is 17.2. The second-order valence-corrected chi connectivity index (χ2v) is 8.22. The van der Waals surface area contributed by atoms with Gasteiger partial charge in [0.05, 0.1) is 6.54 Å². The van der Waals surface area contributed by atoms with Crippen molar-refractivity contribution in [1.82, 2.24) is 15.5 Å². The molecule has 158 valence electrons. The fraction of sp³-hybridized carbons (Fsp3) is 0.455. The van der Waals surface area contributed by atoms with E-state index in [1.54, 1.807) is 0 Å². The van der Waals surface area contributed by atoms with Gasteiger partial charge in [0.2, 0.25) is 5.91 Å². The number of aryl methyl sites for hydroxylation is 1. The molecule has 0 radical (unpaired) electrons. The highest BCUT2D eigenvalue weighted by molar-refractivity contribution is 14.0. The Bertz CT molecular complexity index is 796. The number of hydrogen-bond donors (Lipinski definition) is 2. The molecule has 2 aromatic rings. The SMILES string of the molecule is CCNC(=NCc1ccc(CC)s1)NCCCC(=O)N1Cc2ccccc2C1.I. The molecule has 0 saturated heterocycles. The lowest BCUT2D eigenvalue weighted by molar-refractivity contribution is -0.131. The number of nitrogens with one attached hydrogen (secondary N) is 2. The third kappa shape index (κ3) is 6.99. The number of nitrogens with zero attached hydrogens (tertiary/aromatic N) is 2. The van der Waals surface area contributed by atoms with Gasteiger partial charge in [-0.05, 0) is 43.0 Å². The first-order valence-electron chi connectivity index (χ1n) is 10.1. The summed E-state index contributed by atoms with van der Waals surface area (Å²) >= 11 is 1.82. The summed E-state index contributed by atoms with van der Waals surface area (Å²) in [5.74, 6) is 1.04. The highest BCUT2D eigenvalue weighted by Crippen LogP contribution is 2.22. The van der Waals surface area contributed by atoms with Crippen LogP contribution < -0.4 is 10.6 Å². The maximum Gasteiger partial charge on any atom is 0.223 e. The van der Waals surface area contributed by atoms with Gasteiger partial charge in [0.15, 0.2) is 5.96 Å². The van der Waals surface area contributed by atoms with Crippen LogP contribution in [0.2, 0.25) is 0 Å². The summed E-state index contributed by atoms with van der Waals surface area (Å²) in [5, 5.41) is 6.62. The summed E-state index contributed by atoms with van der Waals surface area (Å²) in [5.41, 5.74) is 2.55. The van der Waals surface area contributed by atoms with E-state index >= 15 is 0 Å². The Morgan fingerprint density at radius 2 is 1.76 bits per heavy atom. The van der Waals surface area contributed by atoms with Crippen molar-refractivity contribution in [3.8, 4) is 0 Å². The van der Waals surface area contributed by atoms with Crippen molar-refractivity contribution in [2.75, 3.05) is 13.1 Å². The minimum Gasteiger partial charge on any atom is -0.357 e. The van der Waals surface area contributed by atoms with Gasteiger partial charge in [0.1, 0.15) is 0 Å². The number of amides is 1. The molecular weight excluding hydrogens is 495 g/mol. The van der Waals surface area contributed by atoms with Gasteiger partial charge in [0, 0.05) is 42.4 Å². The molecule has 1 aliphatic rings. The molecule has 1 aromatic heterocycles. The van der Waals surface area contributed by atoms with Crippen molar-refractivity contribution >= 4 is 47.2 Å². The summed E-state index contributed by atoms with van der Waals surface area (Å²) in [6.07, 6.45) is 2.43. The molecule has 2 N–H and O–H groups in total. The van der Waals surface area contributed by atoms with Gasteiger partial charge in [-0.15, -0.1) is 35.3 Å². The number of rotatable bonds is 8. The number of carbonyl (C=O) groups excluding carboxylic acids is 1. The van der Waals surface area contributed by atoms with Gasteiger partial charge in [-0.3, -0.25) is 4.79 Å². The summed E-state index contributed by atoms with van der Waals surface area (Å²) in [7, 11) is 0. The molecule has 2 heterocycles. The minimum atomic E-state index is 0. The van der Waals surface area contributed by atoms with E-state index in [4.69, 9.17) is 0 Å². The largest absolute Gasteiger partial charge is 0.357 e. The van der Waals surface area contributed by atoms with Gasteiger partial charge in [-0.2, -0.15) is 0 Å². The van der Waals surface area contributed by atoms with Crippen LogP contribution in [-0.4, -0.2) is 29.9 Å². The average Bonchev–Trinajstić information content (AvgIpc) is 3.35. The predicted octanol–water partition coefficient (Wildman–Crippen LogP) is 4.31. The first-order chi connectivity index (χ1) is 13.7. The minimum absolute atomic E-state index is 0. The van der Waals surface area contributed by atoms with Crippen molar-refractivity contribution in [3.05, 3.63) is 57.3 Å². The number of aliphatic imine (C=N–C) groups is 1. The average molecular weight is 526 g/mol. The fourth-order valence-electron chi connectivity index (χ4n) is 3.31. The van der Waals surface area contributed by atoms with Crippen LogP contribution in [0.15, 0.2) is 41.4 Å². The Balaban J connectivity index is 0.00000300. The molecule has 3 rings (SSSR count). The second kappa shape index (κ2) is 12.2. The van der Waals surface area contributed by atoms with Gasteiger partial charge in [0.25, 0.3) is 0 Å². The van der Waals surface area contributed by atoms with E-state index in [9.17, 15) is 4.79 Å². The first kappa shape index (κ1) is 23.7. The number of carbonyl (C=O) groups is 1. The molecule has 0 atom stereocenters. The van der Waals surface area contributed by atoms with E-state index in [1.807, 2.05) is 28.4 Å². The Kier molecular flexibility index (Phi) is 9.93. The molecule has 1 amide bonds. The van der Waals surface area contributed by atoms with E-state index in [-0.39, 0.29) is 29.9 Å². The van der Waals surface area contributed by atoms with Gasteiger partial charge >= 0.3 is 0 Å². The standard InChI is InChI=1S/C22H30N4OS.HI/c1-3-19-11-12-20(28-19)14-25-22(23-4-2)24-13-7-10-21(27)26-15-17-8-5-6-9-18(17)16-26;/h5-6,8-9,11-12H,3-4,7,10,13-16H2,1-2H3,(H2,23,24,25);1H. The molecule has 5 nitrogen and oxygen atoms in total. The molecule has 0 unspecified atom stereocenters. The molecule has 0 fully saturated rings. The third-order valence-corrected chi connectivity index (χ3v) is 6.07. The summed E-state index contributed by atoms with van der Waals surface area (Å²) in [6.45, 7) is 7.97. The summed E-state index contributed by atoms with van der Waals surface area (Å²) in [4.78, 5) is 21.8. The summed E-state index contributed by atoms with van der Waals surface area (Å²) < 4.78 is 0. The van der Waals surface area contributed by atoms with Gasteiger partial charge < -0.3 is 15.5 Å². The first-order valence-corrected chi connectivity index (χ1v) is 11.0. The maximum atomic E-state index is 12.5. The van der Waals surface area contributed by atoms with Crippen molar-refractivity contribution in [2.24, 2.45) is 4.99 Å². The molecule has 0 spiro atoms. The second-order valence-electron chi connectivity index (χ2n) is 6.97. The number of hydrogen-bond acceptors (Lipinski definition) is 3. The van der Waals surface area contributed by atoms with Crippen LogP contribution >= 0.6 is 35.3 Å². The molecule has 1 aliphatic heterocycles. The molecule has 7 heteroatoms. The van der Waals surface area contributed by atoms with Crippen LogP contribution in [0.3, 0.4) is 0 Å². The third-order valence-electron chi connectivity index (χ3n) is 4.86. The number of halogens is 1. The monoisotopic (exact) mass is 526 g/mol. The Hall–Kier alpha value is -1.61. The van der Waals surface area contributed by atoms with Gasteiger partial charge in [-0.25, -0.2) is 4.99 Å². The highest BCUT2D eigenvalue weighted by atomic mass is 127. The van der Waals surface area contributed by atoms with E-state index in [1.165, 1.54) is 20.9 Å². The fourth-order valence-corrected chi connectivity index (χ4v) is 4.19. The van der Waals surface area contributed by atoms with Gasteiger partial charge in [-0.1, -0.05) is 31.2 Å². The van der Waals surface area contributed by atoms with E-state index < -0.39 is 0 Å². The molecular formula is C22H31IN4OS. The molecule has 0 aliphatic carbocycles. The normalized spacial score (nSPS) is 13.0. The molecule has 29 heavy (non-hydrogen) atoms. The van der Waals surface area contributed by atoms with Crippen LogP contribution in [0.25, 0.3) is 0 Å². The van der Waals surface area contributed by atoms with Crippen LogP contribution in [0.1, 0.15) is 47.6 Å². The molecule has 1 aromatic carbocycles. The molecule has 0 saturated carbocycles. The summed E-state index contributed by atoms with van der Waals surface area (Å²) in [6, 6.07) is 12.6. The van der Waals surface area contributed by atoms with Crippen molar-refractivity contribution < 1.29 is 4.79 Å². The molecule has 0 bridgehead atoms. The van der Waals surface area contributed by atoms with E-state index in [0.29, 0.717) is 13.0 Å². The van der Waals surface area contributed by atoms with E-state index in [2.05, 4.69) is 53.7 Å². The number of fused-ring (bicyclic) bond motifs is 1. The van der Waals surface area contributed by atoms with Crippen molar-refractivity contribution in [2.45, 2.75) is 52.7 Å². The lowest BCUT2D eigenvalue weighted by Crippen LogP contribution is -2.38. The van der Waals surface area contributed by atoms with E-state index in [0.717, 1.165) is 45.0 Å². The van der Waals surface area contributed by atoms with Crippen LogP contribution in [0.5, 0.6) is 0 Å². The maximum absolute atomic E-state index is 12.5. The zero-order chi connectivity index (χ0) is 19.8. The quantitative estimate of drug-likeness (QED) is 0.233. The number of thiophene rings is 1. The topological polar surface area (TPSA) is 56.7 Å².